The van der Waals surface area contributed by atoms with Crippen LogP contribution in [0, 0.1) is 0 Å². The standard InChI is InChI=1S/C16H23N3O6S.ClH/c1-16(2,3)25-14(20)17-11-12-7-5-6-8-13(12)18(4)26(22,23)19-9-10-24-15(19)21;/h5-8H,9-11H2,1-4H3,(H,17,20);1H. The van der Waals surface area contributed by atoms with Gasteiger partial charge in [0.15, 0.2) is 0 Å². The number of ether oxygens (including phenoxy) is 2. The Bertz CT molecular complexity index is 794. The van der Waals surface area contributed by atoms with Gasteiger partial charge in [0.05, 0.1) is 12.2 Å². The zero-order valence-electron chi connectivity index (χ0n) is 15.6. The van der Waals surface area contributed by atoms with E-state index in [1.807, 2.05) is 0 Å². The lowest BCUT2D eigenvalue weighted by atomic mass is 10.2. The van der Waals surface area contributed by atoms with E-state index in [0.29, 0.717) is 15.6 Å². The monoisotopic (exact) mass is 421 g/mol. The maximum Gasteiger partial charge on any atom is 0.425 e. The molecule has 1 saturated heterocycles. The fourth-order valence-electron chi connectivity index (χ4n) is 2.31. The molecule has 1 aromatic rings. The summed E-state index contributed by atoms with van der Waals surface area (Å²) in [5, 5.41) is 2.59. The molecule has 1 fully saturated rings. The number of halogens is 1. The number of amides is 2. The SMILES string of the molecule is CN(c1ccccc1CNC(=O)OC(C)(C)C)S(=O)(=O)N1CCOC1=O.Cl. The molecule has 27 heavy (non-hydrogen) atoms. The van der Waals surface area contributed by atoms with Crippen molar-refractivity contribution < 1.29 is 27.5 Å². The second-order valence-electron chi connectivity index (χ2n) is 6.65. The molecule has 1 aromatic carbocycles. The van der Waals surface area contributed by atoms with E-state index in [4.69, 9.17) is 9.47 Å². The van der Waals surface area contributed by atoms with Crippen molar-refractivity contribution in [2.75, 3.05) is 24.5 Å². The molecule has 1 heterocycles. The largest absolute Gasteiger partial charge is 0.447 e. The molecule has 0 unspecified atom stereocenters. The molecule has 1 N–H and O–H groups in total. The number of cyclic esters (lactones) is 1. The molecule has 0 bridgehead atoms. The third kappa shape index (κ3) is 5.64. The fraction of sp³-hybridized carbons (Fsp3) is 0.500. The van der Waals surface area contributed by atoms with E-state index in [2.05, 4.69) is 5.32 Å². The normalized spacial score (nSPS) is 14.2. The summed E-state index contributed by atoms with van der Waals surface area (Å²) in [6.45, 7) is 5.29. The molecule has 1 aliphatic rings. The first-order valence-electron chi connectivity index (χ1n) is 8.00. The fourth-order valence-corrected chi connectivity index (χ4v) is 3.58. The first-order valence-corrected chi connectivity index (χ1v) is 9.40. The maximum absolute atomic E-state index is 12.7. The molecule has 9 nitrogen and oxygen atoms in total. The number of para-hydroxylation sites is 1. The third-order valence-corrected chi connectivity index (χ3v) is 5.28. The number of benzene rings is 1. The highest BCUT2D eigenvalue weighted by Gasteiger charge is 2.37. The van der Waals surface area contributed by atoms with Gasteiger partial charge < -0.3 is 14.8 Å². The van der Waals surface area contributed by atoms with Gasteiger partial charge >= 0.3 is 22.4 Å². The molecule has 2 amide bonds. The van der Waals surface area contributed by atoms with E-state index in [0.717, 1.165) is 4.31 Å². The number of hydrogen-bond acceptors (Lipinski definition) is 6. The van der Waals surface area contributed by atoms with Crippen molar-refractivity contribution in [2.45, 2.75) is 32.9 Å². The van der Waals surface area contributed by atoms with Crippen LogP contribution in [0.1, 0.15) is 26.3 Å². The highest BCUT2D eigenvalue weighted by Crippen LogP contribution is 2.25. The molecular formula is C16H24ClN3O6S. The van der Waals surface area contributed by atoms with Gasteiger partial charge in [0.1, 0.15) is 12.2 Å². The average Bonchev–Trinajstić information content (AvgIpc) is 2.98. The van der Waals surface area contributed by atoms with Gasteiger partial charge in [0, 0.05) is 13.6 Å². The predicted molar refractivity (Wildman–Crippen MR) is 102 cm³/mol. The minimum absolute atomic E-state index is 0. The van der Waals surface area contributed by atoms with Crippen LogP contribution in [0.3, 0.4) is 0 Å². The van der Waals surface area contributed by atoms with Crippen LogP contribution in [0.15, 0.2) is 24.3 Å². The van der Waals surface area contributed by atoms with Gasteiger partial charge in [0.25, 0.3) is 0 Å². The van der Waals surface area contributed by atoms with Gasteiger partial charge in [0.2, 0.25) is 0 Å². The molecule has 0 aliphatic carbocycles. The molecule has 0 radical (unpaired) electrons. The highest BCUT2D eigenvalue weighted by atomic mass is 35.5. The molecule has 1 aliphatic heterocycles. The molecule has 0 atom stereocenters. The van der Waals surface area contributed by atoms with E-state index in [1.54, 1.807) is 45.0 Å². The molecule has 0 saturated carbocycles. The number of alkyl carbamates (subject to hydrolysis) is 1. The number of carbonyl (C=O) groups is 2. The van der Waals surface area contributed by atoms with Crippen molar-refractivity contribution in [3.8, 4) is 0 Å². The molecule has 152 valence electrons. The number of nitrogens with one attached hydrogen (secondary N) is 1. The van der Waals surface area contributed by atoms with E-state index in [1.165, 1.54) is 7.05 Å². The number of nitrogens with zero attached hydrogens (tertiary/aromatic N) is 2. The summed E-state index contributed by atoms with van der Waals surface area (Å²) in [6, 6.07) is 6.66. The quantitative estimate of drug-likeness (QED) is 0.781. The first kappa shape index (κ1) is 22.8. The Hall–Kier alpha value is -2.20. The summed E-state index contributed by atoms with van der Waals surface area (Å²) in [5.41, 5.74) is 0.250. The lowest BCUT2D eigenvalue weighted by Crippen LogP contribution is -2.43. The Morgan fingerprint density at radius 1 is 1.33 bits per heavy atom. The Morgan fingerprint density at radius 3 is 2.52 bits per heavy atom. The van der Waals surface area contributed by atoms with Crippen molar-refractivity contribution in [1.29, 1.82) is 0 Å². The Kier molecular flexibility index (Phi) is 7.32. The van der Waals surface area contributed by atoms with Gasteiger partial charge in [-0.3, -0.25) is 4.31 Å². The number of rotatable bonds is 5. The van der Waals surface area contributed by atoms with Crippen LogP contribution < -0.4 is 9.62 Å². The minimum atomic E-state index is -4.08. The summed E-state index contributed by atoms with van der Waals surface area (Å²) < 4.78 is 36.9. The van der Waals surface area contributed by atoms with Gasteiger partial charge in [-0.25, -0.2) is 9.59 Å². The summed E-state index contributed by atoms with van der Waals surface area (Å²) >= 11 is 0. The van der Waals surface area contributed by atoms with Crippen LogP contribution in [0.2, 0.25) is 0 Å². The second kappa shape index (κ2) is 8.66. The van der Waals surface area contributed by atoms with Crippen LogP contribution in [0.25, 0.3) is 0 Å². The number of hydrogen-bond donors (Lipinski definition) is 1. The summed E-state index contributed by atoms with van der Waals surface area (Å²) in [7, 11) is -2.74. The van der Waals surface area contributed by atoms with E-state index in [-0.39, 0.29) is 32.1 Å². The van der Waals surface area contributed by atoms with Crippen LogP contribution in [0.4, 0.5) is 15.3 Å². The average molecular weight is 422 g/mol. The van der Waals surface area contributed by atoms with E-state index < -0.39 is 28.0 Å². The van der Waals surface area contributed by atoms with Crippen molar-refractivity contribution >= 4 is 40.5 Å². The van der Waals surface area contributed by atoms with Gasteiger partial charge in [-0.2, -0.15) is 12.7 Å². The summed E-state index contributed by atoms with van der Waals surface area (Å²) in [6.07, 6.45) is -1.51. The lowest BCUT2D eigenvalue weighted by Gasteiger charge is -2.26. The van der Waals surface area contributed by atoms with Crippen molar-refractivity contribution in [3.05, 3.63) is 29.8 Å². The molecule has 0 aromatic heterocycles. The molecular weight excluding hydrogens is 398 g/mol. The highest BCUT2D eigenvalue weighted by molar-refractivity contribution is 7.91. The van der Waals surface area contributed by atoms with Crippen molar-refractivity contribution in [3.63, 3.8) is 0 Å². The number of anilines is 1. The summed E-state index contributed by atoms with van der Waals surface area (Å²) in [4.78, 5) is 23.4. The first-order chi connectivity index (χ1) is 12.0. The van der Waals surface area contributed by atoms with Crippen LogP contribution in [-0.4, -0.2) is 50.7 Å². The van der Waals surface area contributed by atoms with Gasteiger partial charge in [-0.15, -0.1) is 12.4 Å². The topological polar surface area (TPSA) is 105 Å². The Labute approximate surface area is 165 Å². The van der Waals surface area contributed by atoms with Crippen molar-refractivity contribution in [2.24, 2.45) is 0 Å². The smallest absolute Gasteiger partial charge is 0.425 e. The second-order valence-corrected chi connectivity index (χ2v) is 8.53. The zero-order valence-corrected chi connectivity index (χ0v) is 17.2. The predicted octanol–water partition coefficient (Wildman–Crippen LogP) is 2.27. The maximum atomic E-state index is 12.7. The Balaban J connectivity index is 0.00000364. The van der Waals surface area contributed by atoms with Gasteiger partial charge in [-0.05, 0) is 32.4 Å². The van der Waals surface area contributed by atoms with Crippen LogP contribution in [-0.2, 0) is 26.2 Å². The molecule has 11 heteroatoms. The zero-order chi connectivity index (χ0) is 19.5. The van der Waals surface area contributed by atoms with Crippen LogP contribution >= 0.6 is 12.4 Å². The Morgan fingerprint density at radius 2 is 1.96 bits per heavy atom. The van der Waals surface area contributed by atoms with Crippen molar-refractivity contribution in [1.82, 2.24) is 9.62 Å². The third-order valence-electron chi connectivity index (χ3n) is 3.50. The molecule has 0 spiro atoms. The lowest BCUT2D eigenvalue weighted by molar-refractivity contribution is 0.0523. The number of carbonyl (C=O) groups excluding carboxylic acids is 2. The molecule has 2 rings (SSSR count). The van der Waals surface area contributed by atoms with E-state index >= 15 is 0 Å². The minimum Gasteiger partial charge on any atom is -0.447 e. The summed E-state index contributed by atoms with van der Waals surface area (Å²) in [5.74, 6) is 0. The van der Waals surface area contributed by atoms with E-state index in [9.17, 15) is 18.0 Å². The van der Waals surface area contributed by atoms with Gasteiger partial charge in [-0.1, -0.05) is 18.2 Å². The van der Waals surface area contributed by atoms with Crippen LogP contribution in [0.5, 0.6) is 0 Å².